The second-order valence-corrected chi connectivity index (χ2v) is 7.84. The Morgan fingerprint density at radius 1 is 1.03 bits per heavy atom. The van der Waals surface area contributed by atoms with Crippen molar-refractivity contribution in [2.75, 3.05) is 13.2 Å². The fourth-order valence-electron chi connectivity index (χ4n) is 3.88. The number of aromatic nitrogens is 2. The van der Waals surface area contributed by atoms with Crippen LogP contribution in [0.3, 0.4) is 0 Å². The molecule has 2 aromatic carbocycles. The highest BCUT2D eigenvalue weighted by Gasteiger charge is 2.38. The molecule has 1 fully saturated rings. The molecule has 0 aliphatic carbocycles. The van der Waals surface area contributed by atoms with Gasteiger partial charge in [-0.3, -0.25) is 4.79 Å². The van der Waals surface area contributed by atoms with Crippen molar-refractivity contribution in [3.05, 3.63) is 82.7 Å². The first-order chi connectivity index (χ1) is 14.7. The van der Waals surface area contributed by atoms with Crippen molar-refractivity contribution in [3.63, 3.8) is 0 Å². The SMILES string of the molecule is O=C(c1ccc(C2(O)COC2)cc1)N1Cc2cnn(-c3ccc(C(F)(F)F)cc3)c2C1. The zero-order valence-electron chi connectivity index (χ0n) is 16.3. The third-order valence-electron chi connectivity index (χ3n) is 5.73. The van der Waals surface area contributed by atoms with Gasteiger partial charge >= 0.3 is 6.18 Å². The highest BCUT2D eigenvalue weighted by atomic mass is 19.4. The second kappa shape index (κ2) is 6.93. The highest BCUT2D eigenvalue weighted by molar-refractivity contribution is 5.94. The number of amides is 1. The van der Waals surface area contributed by atoms with E-state index in [1.807, 2.05) is 0 Å². The van der Waals surface area contributed by atoms with E-state index in [-0.39, 0.29) is 19.1 Å². The number of alkyl halides is 3. The van der Waals surface area contributed by atoms with Crippen molar-refractivity contribution in [1.29, 1.82) is 0 Å². The Hall–Kier alpha value is -3.17. The van der Waals surface area contributed by atoms with Crippen LogP contribution in [0.2, 0.25) is 0 Å². The molecule has 1 amide bonds. The Balaban J connectivity index is 1.33. The lowest BCUT2D eigenvalue weighted by Crippen LogP contribution is -2.46. The van der Waals surface area contributed by atoms with Crippen LogP contribution in [0.5, 0.6) is 0 Å². The van der Waals surface area contributed by atoms with Crippen LogP contribution in [0, 0.1) is 0 Å². The predicted octanol–water partition coefficient (Wildman–Crippen LogP) is 3.26. The van der Waals surface area contributed by atoms with Crippen LogP contribution in [0.4, 0.5) is 13.2 Å². The Bertz CT molecular complexity index is 1130. The molecule has 6 nitrogen and oxygen atoms in total. The molecule has 2 aliphatic rings. The molecule has 1 saturated heterocycles. The van der Waals surface area contributed by atoms with E-state index in [0.717, 1.165) is 23.4 Å². The number of aliphatic hydroxyl groups is 1. The third-order valence-corrected chi connectivity index (χ3v) is 5.73. The number of hydrogen-bond acceptors (Lipinski definition) is 4. The molecule has 0 unspecified atom stereocenters. The lowest BCUT2D eigenvalue weighted by molar-refractivity contribution is -0.184. The molecule has 1 aromatic heterocycles. The minimum absolute atomic E-state index is 0.168. The first kappa shape index (κ1) is 19.8. The standard InChI is InChI=1S/C22H18F3N3O3/c23-22(24,25)17-5-7-18(8-6-17)28-19-11-27(10-15(19)9-26-28)20(29)14-1-3-16(4-2-14)21(30)12-31-13-21/h1-9,30H,10-13H2. The van der Waals surface area contributed by atoms with Crippen molar-refractivity contribution in [3.8, 4) is 5.69 Å². The zero-order chi connectivity index (χ0) is 21.8. The normalized spacial score (nSPS) is 17.4. The molecule has 0 saturated carbocycles. The van der Waals surface area contributed by atoms with Crippen LogP contribution in [0.25, 0.3) is 5.69 Å². The number of carbonyl (C=O) groups is 1. The fraction of sp³-hybridized carbons (Fsp3) is 0.273. The van der Waals surface area contributed by atoms with Gasteiger partial charge in [-0.25, -0.2) is 4.68 Å². The van der Waals surface area contributed by atoms with Crippen molar-refractivity contribution in [2.45, 2.75) is 24.9 Å². The van der Waals surface area contributed by atoms with E-state index >= 15 is 0 Å². The summed E-state index contributed by atoms with van der Waals surface area (Å²) >= 11 is 0. The summed E-state index contributed by atoms with van der Waals surface area (Å²) < 4.78 is 45.1. The monoisotopic (exact) mass is 429 g/mol. The molecule has 5 rings (SSSR count). The minimum atomic E-state index is -4.40. The van der Waals surface area contributed by atoms with Crippen molar-refractivity contribution in [2.24, 2.45) is 0 Å². The predicted molar refractivity (Wildman–Crippen MR) is 103 cm³/mol. The van der Waals surface area contributed by atoms with Crippen LogP contribution in [0.15, 0.2) is 54.7 Å². The fourth-order valence-corrected chi connectivity index (χ4v) is 3.88. The van der Waals surface area contributed by atoms with Gasteiger partial charge < -0.3 is 14.7 Å². The van der Waals surface area contributed by atoms with Gasteiger partial charge in [0.05, 0.1) is 42.9 Å². The highest BCUT2D eigenvalue weighted by Crippen LogP contribution is 2.32. The van der Waals surface area contributed by atoms with E-state index in [1.165, 1.54) is 12.1 Å². The first-order valence-corrected chi connectivity index (χ1v) is 9.68. The summed E-state index contributed by atoms with van der Waals surface area (Å²) in [5.41, 5.74) is 1.61. The molecule has 0 radical (unpaired) electrons. The lowest BCUT2D eigenvalue weighted by atomic mass is 9.91. The molecule has 2 aliphatic heterocycles. The molecule has 31 heavy (non-hydrogen) atoms. The van der Waals surface area contributed by atoms with Gasteiger partial charge in [-0.15, -0.1) is 0 Å². The number of rotatable bonds is 3. The topological polar surface area (TPSA) is 67.6 Å². The smallest absolute Gasteiger partial charge is 0.380 e. The second-order valence-electron chi connectivity index (χ2n) is 7.84. The summed E-state index contributed by atoms with van der Waals surface area (Å²) in [6.45, 7) is 1.15. The maximum atomic E-state index is 12.9. The number of ether oxygens (including phenoxy) is 1. The molecular formula is C22H18F3N3O3. The number of hydrogen-bond donors (Lipinski definition) is 1. The molecule has 3 heterocycles. The number of carbonyl (C=O) groups excluding carboxylic acids is 1. The Labute approximate surface area is 175 Å². The molecule has 0 atom stereocenters. The number of halogens is 3. The largest absolute Gasteiger partial charge is 0.416 e. The van der Waals surface area contributed by atoms with Gasteiger partial charge in [0.25, 0.3) is 5.91 Å². The van der Waals surface area contributed by atoms with Gasteiger partial charge in [-0.1, -0.05) is 12.1 Å². The summed E-state index contributed by atoms with van der Waals surface area (Å²) in [4.78, 5) is 14.6. The van der Waals surface area contributed by atoms with Gasteiger partial charge in [0, 0.05) is 17.7 Å². The van der Waals surface area contributed by atoms with Crippen LogP contribution < -0.4 is 0 Å². The average molecular weight is 429 g/mol. The summed E-state index contributed by atoms with van der Waals surface area (Å²) in [6, 6.07) is 11.6. The van der Waals surface area contributed by atoms with E-state index in [0.29, 0.717) is 29.9 Å². The summed E-state index contributed by atoms with van der Waals surface area (Å²) in [7, 11) is 0. The molecule has 3 aromatic rings. The van der Waals surface area contributed by atoms with E-state index < -0.39 is 17.3 Å². The van der Waals surface area contributed by atoms with Gasteiger partial charge in [-0.2, -0.15) is 18.3 Å². The number of fused-ring (bicyclic) bond motifs is 1. The Morgan fingerprint density at radius 2 is 1.71 bits per heavy atom. The van der Waals surface area contributed by atoms with E-state index in [1.54, 1.807) is 40.0 Å². The van der Waals surface area contributed by atoms with Gasteiger partial charge in [-0.05, 0) is 42.0 Å². The maximum absolute atomic E-state index is 12.9. The van der Waals surface area contributed by atoms with E-state index in [4.69, 9.17) is 4.74 Å². The molecule has 160 valence electrons. The minimum Gasteiger partial charge on any atom is -0.380 e. The molecule has 0 bridgehead atoms. The summed E-state index contributed by atoms with van der Waals surface area (Å²) in [5.74, 6) is -0.168. The van der Waals surface area contributed by atoms with Gasteiger partial charge in [0.15, 0.2) is 0 Å². The van der Waals surface area contributed by atoms with E-state index in [9.17, 15) is 23.1 Å². The molecule has 1 N–H and O–H groups in total. The molecule has 0 spiro atoms. The molecule has 9 heteroatoms. The lowest BCUT2D eigenvalue weighted by Gasteiger charge is -2.36. The number of benzene rings is 2. The van der Waals surface area contributed by atoms with Crippen molar-refractivity contribution < 1.29 is 27.8 Å². The van der Waals surface area contributed by atoms with Crippen molar-refractivity contribution in [1.82, 2.24) is 14.7 Å². The number of nitrogens with zero attached hydrogens (tertiary/aromatic N) is 3. The quantitative estimate of drug-likeness (QED) is 0.694. The van der Waals surface area contributed by atoms with Crippen LogP contribution in [-0.4, -0.2) is 38.9 Å². The zero-order valence-corrected chi connectivity index (χ0v) is 16.3. The maximum Gasteiger partial charge on any atom is 0.416 e. The van der Waals surface area contributed by atoms with Gasteiger partial charge in [0.1, 0.15) is 5.60 Å². The first-order valence-electron chi connectivity index (χ1n) is 9.68. The Kier molecular flexibility index (Phi) is 4.42. The van der Waals surface area contributed by atoms with Crippen LogP contribution in [-0.2, 0) is 29.6 Å². The summed E-state index contributed by atoms with van der Waals surface area (Å²) in [5, 5.41) is 14.6. The Morgan fingerprint density at radius 3 is 2.29 bits per heavy atom. The summed E-state index contributed by atoms with van der Waals surface area (Å²) in [6.07, 6.45) is -2.76. The van der Waals surface area contributed by atoms with Crippen molar-refractivity contribution >= 4 is 5.91 Å². The van der Waals surface area contributed by atoms with Crippen LogP contribution in [0.1, 0.15) is 32.7 Å². The van der Waals surface area contributed by atoms with Gasteiger partial charge in [0.2, 0.25) is 0 Å². The molecular weight excluding hydrogens is 411 g/mol. The van der Waals surface area contributed by atoms with Crippen LogP contribution >= 0.6 is 0 Å². The van der Waals surface area contributed by atoms with E-state index in [2.05, 4.69) is 5.10 Å². The third kappa shape index (κ3) is 3.39. The average Bonchev–Trinajstić information content (AvgIpc) is 3.32.